The van der Waals surface area contributed by atoms with E-state index in [0.29, 0.717) is 6.54 Å². The molecule has 0 aliphatic heterocycles. The normalized spacial score (nSPS) is 11.5. The van der Waals surface area contributed by atoms with Crippen LogP contribution in [0.15, 0.2) is 12.2 Å². The molecule has 0 amide bonds. The van der Waals surface area contributed by atoms with Crippen LogP contribution in [0.25, 0.3) is 0 Å². The predicted octanol–water partition coefficient (Wildman–Crippen LogP) is 0.977. The summed E-state index contributed by atoms with van der Waals surface area (Å²) >= 11 is 0. The maximum atomic E-state index is 11.0. The molecule has 0 aromatic heterocycles. The molecular weight excluding hydrogens is 186 g/mol. The van der Waals surface area contributed by atoms with Crippen LogP contribution in [0.5, 0.6) is 0 Å². The molecule has 0 heterocycles. The number of hydrogen-bond donors (Lipinski definition) is 1. The van der Waals surface area contributed by atoms with Crippen molar-refractivity contribution in [2.45, 2.75) is 20.3 Å². The Balaban J connectivity index is 3.42. The van der Waals surface area contributed by atoms with Gasteiger partial charge in [0.05, 0.1) is 5.75 Å². The molecule has 0 saturated carbocycles. The SMILES string of the molecule is C=C(C)CCNCCS(=O)(=O)CC. The molecular formula is C9H19NO2S. The van der Waals surface area contributed by atoms with E-state index in [1.165, 1.54) is 0 Å². The highest BCUT2D eigenvalue weighted by molar-refractivity contribution is 7.91. The number of nitrogens with one attached hydrogen (secondary N) is 1. The fraction of sp³-hybridized carbons (Fsp3) is 0.778. The topological polar surface area (TPSA) is 46.2 Å². The standard InChI is InChI=1S/C9H19NO2S/c1-4-13(11,12)8-7-10-6-5-9(2)3/h10H,2,4-8H2,1,3H3. The summed E-state index contributed by atoms with van der Waals surface area (Å²) in [5.74, 6) is 0.467. The van der Waals surface area contributed by atoms with Crippen LogP contribution in [0.2, 0.25) is 0 Å². The molecule has 0 unspecified atom stereocenters. The summed E-state index contributed by atoms with van der Waals surface area (Å²) in [5.41, 5.74) is 1.12. The fourth-order valence-corrected chi connectivity index (χ4v) is 1.54. The Labute approximate surface area is 81.1 Å². The van der Waals surface area contributed by atoms with Gasteiger partial charge in [0, 0.05) is 12.3 Å². The highest BCUT2D eigenvalue weighted by Crippen LogP contribution is 1.92. The van der Waals surface area contributed by atoms with Gasteiger partial charge in [0.25, 0.3) is 0 Å². The average Bonchev–Trinajstić information content (AvgIpc) is 2.03. The van der Waals surface area contributed by atoms with Crippen molar-refractivity contribution in [1.82, 2.24) is 5.32 Å². The van der Waals surface area contributed by atoms with Crippen LogP contribution in [-0.2, 0) is 9.84 Å². The highest BCUT2D eigenvalue weighted by Gasteiger charge is 2.05. The van der Waals surface area contributed by atoms with E-state index in [1.807, 2.05) is 6.92 Å². The van der Waals surface area contributed by atoms with Crippen molar-refractivity contribution in [1.29, 1.82) is 0 Å². The molecule has 0 radical (unpaired) electrons. The van der Waals surface area contributed by atoms with E-state index in [9.17, 15) is 8.42 Å². The molecule has 78 valence electrons. The highest BCUT2D eigenvalue weighted by atomic mass is 32.2. The van der Waals surface area contributed by atoms with E-state index in [4.69, 9.17) is 0 Å². The van der Waals surface area contributed by atoms with Crippen LogP contribution in [0, 0.1) is 0 Å². The van der Waals surface area contributed by atoms with Crippen molar-refractivity contribution in [3.63, 3.8) is 0 Å². The molecule has 4 heteroatoms. The lowest BCUT2D eigenvalue weighted by Gasteiger charge is -2.04. The fourth-order valence-electron chi connectivity index (χ4n) is 0.799. The van der Waals surface area contributed by atoms with Crippen molar-refractivity contribution in [2.75, 3.05) is 24.6 Å². The van der Waals surface area contributed by atoms with Gasteiger partial charge in [-0.05, 0) is 19.9 Å². The Bertz CT molecular complexity index is 244. The third-order valence-corrected chi connectivity index (χ3v) is 3.46. The Morgan fingerprint density at radius 2 is 2.00 bits per heavy atom. The second-order valence-corrected chi connectivity index (χ2v) is 5.67. The first-order valence-corrected chi connectivity index (χ1v) is 6.35. The summed E-state index contributed by atoms with van der Waals surface area (Å²) < 4.78 is 22.1. The van der Waals surface area contributed by atoms with Gasteiger partial charge in [-0.25, -0.2) is 8.42 Å². The molecule has 0 fully saturated rings. The van der Waals surface area contributed by atoms with Crippen LogP contribution in [0.3, 0.4) is 0 Å². The number of hydrogen-bond acceptors (Lipinski definition) is 3. The number of rotatable bonds is 7. The summed E-state index contributed by atoms with van der Waals surface area (Å²) in [7, 11) is -2.81. The first kappa shape index (κ1) is 12.7. The van der Waals surface area contributed by atoms with Crippen LogP contribution in [-0.4, -0.2) is 33.0 Å². The summed E-state index contributed by atoms with van der Waals surface area (Å²) in [5, 5.41) is 3.07. The molecule has 0 aliphatic rings. The molecule has 0 atom stereocenters. The zero-order valence-corrected chi connectivity index (χ0v) is 9.28. The third-order valence-electron chi connectivity index (χ3n) is 1.76. The smallest absolute Gasteiger partial charge is 0.151 e. The second kappa shape index (κ2) is 6.16. The third kappa shape index (κ3) is 7.99. The van der Waals surface area contributed by atoms with Crippen molar-refractivity contribution in [3.8, 4) is 0 Å². The Morgan fingerprint density at radius 1 is 1.38 bits per heavy atom. The van der Waals surface area contributed by atoms with Crippen LogP contribution in [0.1, 0.15) is 20.3 Å². The number of sulfone groups is 1. The summed E-state index contributed by atoms with van der Waals surface area (Å²) in [4.78, 5) is 0. The molecule has 0 aromatic rings. The summed E-state index contributed by atoms with van der Waals surface area (Å²) in [6.45, 7) is 8.75. The van der Waals surface area contributed by atoms with Gasteiger partial charge in [-0.3, -0.25) is 0 Å². The minimum Gasteiger partial charge on any atom is -0.315 e. The van der Waals surface area contributed by atoms with Crippen molar-refractivity contribution < 1.29 is 8.42 Å². The van der Waals surface area contributed by atoms with Crippen LogP contribution >= 0.6 is 0 Å². The van der Waals surface area contributed by atoms with Gasteiger partial charge in [-0.2, -0.15) is 0 Å². The molecule has 0 saturated heterocycles. The first-order chi connectivity index (χ1) is 5.98. The lowest BCUT2D eigenvalue weighted by molar-refractivity contribution is 0.592. The van der Waals surface area contributed by atoms with E-state index >= 15 is 0 Å². The monoisotopic (exact) mass is 205 g/mol. The molecule has 0 aromatic carbocycles. The second-order valence-electron chi connectivity index (χ2n) is 3.19. The molecule has 13 heavy (non-hydrogen) atoms. The zero-order valence-electron chi connectivity index (χ0n) is 8.47. The van der Waals surface area contributed by atoms with Gasteiger partial charge in [-0.1, -0.05) is 12.5 Å². The van der Waals surface area contributed by atoms with Crippen LogP contribution < -0.4 is 5.32 Å². The van der Waals surface area contributed by atoms with E-state index < -0.39 is 9.84 Å². The van der Waals surface area contributed by atoms with Gasteiger partial charge in [0.2, 0.25) is 0 Å². The van der Waals surface area contributed by atoms with E-state index in [-0.39, 0.29) is 11.5 Å². The Morgan fingerprint density at radius 3 is 2.46 bits per heavy atom. The quantitative estimate of drug-likeness (QED) is 0.498. The van der Waals surface area contributed by atoms with Gasteiger partial charge in [0.15, 0.2) is 9.84 Å². The summed E-state index contributed by atoms with van der Waals surface area (Å²) in [6, 6.07) is 0. The average molecular weight is 205 g/mol. The molecule has 0 spiro atoms. The molecule has 3 nitrogen and oxygen atoms in total. The lowest BCUT2D eigenvalue weighted by atomic mass is 10.2. The molecule has 0 aliphatic carbocycles. The van der Waals surface area contributed by atoms with Crippen molar-refractivity contribution >= 4 is 9.84 Å². The Hall–Kier alpha value is -0.350. The zero-order chi connectivity index (χ0) is 10.3. The minimum absolute atomic E-state index is 0.231. The van der Waals surface area contributed by atoms with Gasteiger partial charge >= 0.3 is 0 Å². The van der Waals surface area contributed by atoms with E-state index in [1.54, 1.807) is 6.92 Å². The maximum absolute atomic E-state index is 11.0. The van der Waals surface area contributed by atoms with Gasteiger partial charge in [-0.15, -0.1) is 6.58 Å². The minimum atomic E-state index is -2.81. The first-order valence-electron chi connectivity index (χ1n) is 4.53. The van der Waals surface area contributed by atoms with E-state index in [2.05, 4.69) is 11.9 Å². The van der Waals surface area contributed by atoms with Gasteiger partial charge in [0.1, 0.15) is 0 Å². The summed E-state index contributed by atoms with van der Waals surface area (Å²) in [6.07, 6.45) is 0.909. The van der Waals surface area contributed by atoms with Crippen LogP contribution in [0.4, 0.5) is 0 Å². The largest absolute Gasteiger partial charge is 0.315 e. The molecule has 0 rings (SSSR count). The Kier molecular flexibility index (Phi) is 5.99. The maximum Gasteiger partial charge on any atom is 0.151 e. The van der Waals surface area contributed by atoms with Crippen molar-refractivity contribution in [2.24, 2.45) is 0 Å². The van der Waals surface area contributed by atoms with E-state index in [0.717, 1.165) is 18.5 Å². The van der Waals surface area contributed by atoms with Crippen molar-refractivity contribution in [3.05, 3.63) is 12.2 Å². The van der Waals surface area contributed by atoms with Gasteiger partial charge < -0.3 is 5.32 Å². The predicted molar refractivity (Wildman–Crippen MR) is 56.6 cm³/mol. The molecule has 0 bridgehead atoms. The lowest BCUT2D eigenvalue weighted by Crippen LogP contribution is -2.24. The molecule has 1 N–H and O–H groups in total.